The second-order valence-corrected chi connectivity index (χ2v) is 33.6. The summed E-state index contributed by atoms with van der Waals surface area (Å²) in [7, 11) is -7.40. The van der Waals surface area contributed by atoms with Crippen LogP contribution in [0.3, 0.4) is 0 Å². The number of carboxylic acid groups (broad SMARTS) is 1. The number of fused-ring (bicyclic) bond motifs is 7. The maximum Gasteiger partial charge on any atom is 0.305 e. The van der Waals surface area contributed by atoms with Crippen molar-refractivity contribution in [2.45, 2.75) is 155 Å². The van der Waals surface area contributed by atoms with Crippen molar-refractivity contribution in [1.82, 2.24) is 69.1 Å². The van der Waals surface area contributed by atoms with E-state index in [2.05, 4.69) is 79.8 Å². The molecule has 2 heterocycles. The van der Waals surface area contributed by atoms with Crippen LogP contribution in [0.2, 0.25) is 0 Å². The zero-order valence-electron chi connectivity index (χ0n) is 63.9. The molecule has 118 heavy (non-hydrogen) atoms. The molecule has 2 aliphatic rings. The van der Waals surface area contributed by atoms with Gasteiger partial charge in [-0.15, -0.1) is 11.8 Å². The molecule has 2 fully saturated rings. The minimum Gasteiger partial charge on any atom is -0.481 e. The number of carbonyl (C=O) groups excluding carboxylic acids is 14. The Bertz CT molecular complexity index is 4760. The fraction of sp³-hybridized carbons (Fsp3) is 0.432. The van der Waals surface area contributed by atoms with E-state index in [-0.39, 0.29) is 135 Å². The van der Waals surface area contributed by atoms with E-state index in [0.29, 0.717) is 22.0 Å². The number of aliphatic carboxylic acids is 1. The fourth-order valence-corrected chi connectivity index (χ4v) is 16.8. The molecule has 14 amide bonds. The van der Waals surface area contributed by atoms with Gasteiger partial charge in [0.2, 0.25) is 82.7 Å². The molecule has 0 saturated carbocycles. The molecule has 7 rings (SSSR count). The van der Waals surface area contributed by atoms with Gasteiger partial charge < -0.3 is 90.6 Å². The summed E-state index contributed by atoms with van der Waals surface area (Å²) in [6, 6.07) is 13.2. The highest BCUT2D eigenvalue weighted by Crippen LogP contribution is 2.29. The highest BCUT2D eigenvalue weighted by molar-refractivity contribution is 8.76. The Balaban J connectivity index is 1.08. The van der Waals surface area contributed by atoms with Gasteiger partial charge in [-0.1, -0.05) is 88.3 Å². The number of nitrogens with one attached hydrogen (secondary N) is 16. The molecular formula is C74H95N17O22S5. The summed E-state index contributed by atoms with van der Waals surface area (Å²) in [5.41, 5.74) is 6.54. The summed E-state index contributed by atoms with van der Waals surface area (Å²) in [4.78, 5) is 206. The van der Waals surface area contributed by atoms with Crippen molar-refractivity contribution in [3.8, 4) is 0 Å². The van der Waals surface area contributed by atoms with Crippen molar-refractivity contribution in [1.29, 1.82) is 5.41 Å². The summed E-state index contributed by atoms with van der Waals surface area (Å²) in [5, 5.41) is 57.5. The Morgan fingerprint density at radius 3 is 1.62 bits per heavy atom. The number of nitrogens with two attached hydrogens (primary N) is 1. The van der Waals surface area contributed by atoms with E-state index in [1.807, 2.05) is 0 Å². The van der Waals surface area contributed by atoms with E-state index in [1.165, 1.54) is 60.7 Å². The third-order valence-electron chi connectivity index (χ3n) is 18.0. The molecule has 638 valence electrons. The Kier molecular flexibility index (Phi) is 37.2. The number of carbonyl (C=O) groups is 15. The lowest BCUT2D eigenvalue weighted by Gasteiger charge is -2.27. The number of guanidine groups is 1. The largest absolute Gasteiger partial charge is 0.481 e. The number of hydrogen-bond acceptors (Lipinski definition) is 23. The van der Waals surface area contributed by atoms with Gasteiger partial charge in [-0.3, -0.25) is 86.4 Å². The van der Waals surface area contributed by atoms with Gasteiger partial charge in [0.15, 0.2) is 5.96 Å². The number of carboxylic acids is 1. The topological polar surface area (TPSA) is 615 Å². The molecule has 39 nitrogen and oxygen atoms in total. The van der Waals surface area contributed by atoms with Gasteiger partial charge >= 0.3 is 5.97 Å². The first kappa shape index (κ1) is 94.0. The highest BCUT2D eigenvalue weighted by Gasteiger charge is 2.36. The number of amides is 14. The molecule has 0 aliphatic carbocycles. The van der Waals surface area contributed by atoms with Crippen LogP contribution in [0.15, 0.2) is 113 Å². The lowest BCUT2D eigenvalue weighted by molar-refractivity contribution is -0.141. The van der Waals surface area contributed by atoms with E-state index in [4.69, 9.17) is 11.1 Å². The van der Waals surface area contributed by atoms with Gasteiger partial charge in [0.1, 0.15) is 58.1 Å². The molecule has 1 unspecified atom stereocenters. The normalized spacial score (nSPS) is 19.3. The van der Waals surface area contributed by atoms with Crippen LogP contribution in [0.4, 0.5) is 11.4 Å². The highest BCUT2D eigenvalue weighted by atomic mass is 33.1. The first-order valence-corrected chi connectivity index (χ1v) is 43.9. The van der Waals surface area contributed by atoms with Crippen LogP contribution in [-0.2, 0) is 98.6 Å². The van der Waals surface area contributed by atoms with E-state index < -0.39 is 201 Å². The number of likely N-dealkylation sites (N-methyl/N-ethyl adjacent to an activating group) is 1. The van der Waals surface area contributed by atoms with E-state index in [9.17, 15) is 103 Å². The first-order valence-electron chi connectivity index (χ1n) is 37.4. The second-order valence-electron chi connectivity index (χ2n) is 27.2. The van der Waals surface area contributed by atoms with Crippen molar-refractivity contribution in [2.24, 2.45) is 5.73 Å². The molecule has 21 N–H and O–H groups in total. The quantitative estimate of drug-likeness (QED) is 0.00844. The molecule has 2 saturated heterocycles. The molecule has 2 aliphatic heterocycles. The summed E-state index contributed by atoms with van der Waals surface area (Å²) in [6.07, 6.45) is -2.24. The summed E-state index contributed by atoms with van der Waals surface area (Å²) < 4.78 is 67.1. The van der Waals surface area contributed by atoms with Crippen LogP contribution < -0.4 is 85.5 Å². The number of benzene rings is 5. The summed E-state index contributed by atoms with van der Waals surface area (Å²) in [5.74, 6) is -15.0. The SMILES string of the molecule is CCNC(=O)[C@@H]1CSCC(=O)N[C@@H](CCCCNC(=O)C(CCCCNC(=O)CCC(=O)Nc2ccc3c(S(=O)(=O)O)cccc3c2)NC(=O)CCC(=O)Nc2ccc3c(S(=O)(=O)O)cccc3c2)C(=O)N[C@H]2CSSC[C@H](NC(=O)[C@H](CC(=O)O)NC(=O)CNC(=O)[C@H](CCCNC(=N)N)NC2=O)C(=O)N[C@@H](Cc2ccccc2)C(=O)N1. The third-order valence-corrected chi connectivity index (χ3v) is 23.3. The molecular weight excluding hydrogens is 1640 g/mol. The van der Waals surface area contributed by atoms with Crippen LogP contribution in [0, 0.1) is 5.41 Å². The molecule has 5 aromatic rings. The van der Waals surface area contributed by atoms with Gasteiger partial charge in [0.25, 0.3) is 20.2 Å². The van der Waals surface area contributed by atoms with E-state index in [0.717, 1.165) is 33.3 Å². The summed E-state index contributed by atoms with van der Waals surface area (Å²) in [6.45, 7) is 0.792. The van der Waals surface area contributed by atoms with Crippen LogP contribution in [0.1, 0.15) is 96.0 Å². The number of unbranched alkanes of at least 4 members (excludes halogenated alkanes) is 2. The van der Waals surface area contributed by atoms with Gasteiger partial charge in [-0.05, 0) is 111 Å². The Labute approximate surface area is 690 Å². The number of hydrogen-bond donors (Lipinski definition) is 20. The predicted octanol–water partition coefficient (Wildman–Crippen LogP) is -0.550. The van der Waals surface area contributed by atoms with Crippen LogP contribution in [0.25, 0.3) is 21.5 Å². The molecule has 0 spiro atoms. The van der Waals surface area contributed by atoms with Crippen LogP contribution in [-0.4, -0.2) is 230 Å². The first-order chi connectivity index (χ1) is 56.1. The van der Waals surface area contributed by atoms with Gasteiger partial charge in [0, 0.05) is 97.7 Å². The predicted molar refractivity (Wildman–Crippen MR) is 438 cm³/mol. The number of anilines is 2. The molecule has 0 radical (unpaired) electrons. The Morgan fingerprint density at radius 2 is 1.04 bits per heavy atom. The molecule has 44 heteroatoms. The summed E-state index contributed by atoms with van der Waals surface area (Å²) >= 11 is 0.868. The smallest absolute Gasteiger partial charge is 0.305 e. The number of rotatable bonds is 32. The number of thioether (sulfide) groups is 1. The average molecular weight is 1740 g/mol. The van der Waals surface area contributed by atoms with Crippen LogP contribution in [0.5, 0.6) is 0 Å². The van der Waals surface area contributed by atoms with Crippen molar-refractivity contribution >= 4 is 181 Å². The van der Waals surface area contributed by atoms with Gasteiger partial charge in [0.05, 0.1) is 18.7 Å². The van der Waals surface area contributed by atoms with Crippen molar-refractivity contribution in [3.63, 3.8) is 0 Å². The van der Waals surface area contributed by atoms with Crippen molar-refractivity contribution < 1.29 is 103 Å². The zero-order chi connectivity index (χ0) is 86.1. The Morgan fingerprint density at radius 1 is 0.525 bits per heavy atom. The minimum absolute atomic E-state index is 0.0186. The minimum atomic E-state index is -4.60. The zero-order valence-corrected chi connectivity index (χ0v) is 68.0. The van der Waals surface area contributed by atoms with Crippen molar-refractivity contribution in [3.05, 3.63) is 109 Å². The average Bonchev–Trinajstić information content (AvgIpc) is 0.795. The maximum absolute atomic E-state index is 14.8. The van der Waals surface area contributed by atoms with Gasteiger partial charge in [-0.25, -0.2) is 0 Å². The van der Waals surface area contributed by atoms with E-state index in [1.54, 1.807) is 49.4 Å². The lowest BCUT2D eigenvalue weighted by Crippen LogP contribution is -2.60. The van der Waals surface area contributed by atoms with Gasteiger partial charge in [-0.2, -0.15) is 16.8 Å². The standard InChI is InChI=1S/C74H95N17O22S5/c1-2-77-68(102)54-38-114-41-64(97)85-51(69(103)90-55-39-115-116-40-56(73(107)88-52(70(104)89-54)33-42-13-4-3-5-14-42)91-71(105)53(36-65(98)99)86-63(96)37-81-67(101)50(87-72(55)106)19-12-32-80-74(75)76)18-7-9-31-79-66(100)49(84-62(95)29-28-61(94)83-46-23-25-48-44(35-46)16-11-21-58(48)118(111,112)113)17-6-8-30-78-59(92)26-27-60(93)82-45-22-24-47-43(34-45)15-10-20-57(47)117(108,109)110/h3-5,10-11,13-16,20-25,34-35,49-56H,2,6-9,12,17-19,26-33,36-41H2,1H3,(H,77,102)(H,78,92)(H,79,100)(H,81,101)(H,82,93)(H,83,94)(H,84,95)(H,85,97)(H,86,96)(H,87,106)(H,88,107)(H,89,104)(H,90,103)(H,91,105)(H,98,99)(H4,75,76,80)(H,108,109,110)(H,111,112,113)/t49?,50-,51-,52-,53-,54-,55-,56-/m0/s1. The van der Waals surface area contributed by atoms with Crippen LogP contribution >= 0.6 is 33.3 Å². The fourth-order valence-electron chi connectivity index (χ4n) is 12.1. The molecule has 5 aromatic carbocycles. The maximum atomic E-state index is 14.8. The Hall–Kier alpha value is -11.2. The molecule has 2 bridgehead atoms. The second kappa shape index (κ2) is 46.7. The lowest BCUT2D eigenvalue weighted by atomic mass is 10.0. The third kappa shape index (κ3) is 31.7. The monoisotopic (exact) mass is 1730 g/mol. The van der Waals surface area contributed by atoms with Crippen molar-refractivity contribution in [2.75, 3.05) is 66.4 Å². The molecule has 8 atom stereocenters. The molecule has 0 aromatic heterocycles. The van der Waals surface area contributed by atoms with E-state index >= 15 is 0 Å².